The third kappa shape index (κ3) is 6.52. The quantitative estimate of drug-likeness (QED) is 0.530. The Hall–Kier alpha value is -1.26. The van der Waals surface area contributed by atoms with Crippen molar-refractivity contribution in [2.75, 3.05) is 0 Å². The van der Waals surface area contributed by atoms with Gasteiger partial charge >= 0.3 is 0 Å². The molecule has 0 fully saturated rings. The first-order valence-electron chi connectivity index (χ1n) is 8.08. The maximum atomic E-state index is 12.0. The Labute approximate surface area is 163 Å². The van der Waals surface area contributed by atoms with E-state index in [1.54, 1.807) is 6.92 Å². The summed E-state index contributed by atoms with van der Waals surface area (Å²) in [5.41, 5.74) is 2.15. The highest BCUT2D eigenvalue weighted by Crippen LogP contribution is 2.33. The van der Waals surface area contributed by atoms with Gasteiger partial charge in [-0.1, -0.05) is 102 Å². The number of halogens is 3. The van der Waals surface area contributed by atoms with Gasteiger partial charge in [-0.2, -0.15) is 0 Å². The fourth-order valence-corrected chi connectivity index (χ4v) is 3.09. The van der Waals surface area contributed by atoms with Crippen LogP contribution in [0.25, 0.3) is 0 Å². The number of hydrogen-bond donors (Lipinski definition) is 1. The minimum atomic E-state index is -1.66. The van der Waals surface area contributed by atoms with Crippen molar-refractivity contribution in [2.45, 2.75) is 36.4 Å². The lowest BCUT2D eigenvalue weighted by Crippen LogP contribution is -2.54. The molecule has 0 aliphatic rings. The van der Waals surface area contributed by atoms with E-state index in [1.165, 1.54) is 0 Å². The van der Waals surface area contributed by atoms with Crippen molar-refractivity contribution < 1.29 is 4.79 Å². The van der Waals surface area contributed by atoms with Crippen LogP contribution in [-0.2, 0) is 17.9 Å². The zero-order chi connectivity index (χ0) is 18.3. The molecule has 2 rings (SSSR count). The zero-order valence-corrected chi connectivity index (χ0v) is 16.2. The SMILES string of the molecule is CCC(=O)N[C@H](N(Cc1ccccc1)Cc1ccccc1)C(Cl)(Cl)Cl. The molecule has 2 aromatic rings. The molecule has 2 aromatic carbocycles. The van der Waals surface area contributed by atoms with Crippen LogP contribution in [-0.4, -0.2) is 20.8 Å². The largest absolute Gasteiger partial charge is 0.337 e. The van der Waals surface area contributed by atoms with Gasteiger partial charge < -0.3 is 5.32 Å². The molecule has 0 aromatic heterocycles. The standard InChI is InChI=1S/C19H21Cl3N2O/c1-2-17(25)23-18(19(20,21)22)24(13-15-9-5-3-6-10-15)14-16-11-7-4-8-12-16/h3-12,18H,2,13-14H2,1H3,(H,23,25)/t18-/m1/s1. The Balaban J connectivity index is 2.30. The van der Waals surface area contributed by atoms with Crippen LogP contribution in [0.2, 0.25) is 0 Å². The van der Waals surface area contributed by atoms with E-state index in [4.69, 9.17) is 34.8 Å². The molecular weight excluding hydrogens is 379 g/mol. The molecule has 0 aliphatic carbocycles. The summed E-state index contributed by atoms with van der Waals surface area (Å²) in [5, 5.41) is 2.84. The summed E-state index contributed by atoms with van der Waals surface area (Å²) in [4.78, 5) is 13.9. The van der Waals surface area contributed by atoms with Crippen molar-refractivity contribution in [1.29, 1.82) is 0 Å². The number of carbonyl (C=O) groups excluding carboxylic acids is 1. The number of nitrogens with zero attached hydrogens (tertiary/aromatic N) is 1. The summed E-state index contributed by atoms with van der Waals surface area (Å²) in [7, 11) is 0. The van der Waals surface area contributed by atoms with E-state index in [1.807, 2.05) is 65.6 Å². The lowest BCUT2D eigenvalue weighted by Gasteiger charge is -2.36. The second kappa shape index (κ2) is 9.44. The van der Waals surface area contributed by atoms with Crippen molar-refractivity contribution in [2.24, 2.45) is 0 Å². The highest BCUT2D eigenvalue weighted by Gasteiger charge is 2.38. The van der Waals surface area contributed by atoms with Gasteiger partial charge in [0.25, 0.3) is 0 Å². The summed E-state index contributed by atoms with van der Waals surface area (Å²) in [6.07, 6.45) is -0.424. The van der Waals surface area contributed by atoms with E-state index in [0.717, 1.165) is 11.1 Å². The molecule has 0 radical (unpaired) electrons. The molecule has 6 heteroatoms. The molecule has 0 saturated heterocycles. The van der Waals surface area contributed by atoms with Crippen molar-refractivity contribution >= 4 is 40.7 Å². The second-order valence-corrected chi connectivity index (χ2v) is 8.11. The molecular formula is C19H21Cl3N2O. The number of benzene rings is 2. The predicted molar refractivity (Wildman–Crippen MR) is 105 cm³/mol. The first-order chi connectivity index (χ1) is 11.9. The first kappa shape index (κ1) is 20.1. The Morgan fingerprint density at radius 3 is 1.76 bits per heavy atom. The van der Waals surface area contributed by atoms with E-state index >= 15 is 0 Å². The van der Waals surface area contributed by atoms with Crippen LogP contribution in [0, 0.1) is 0 Å². The summed E-state index contributed by atoms with van der Waals surface area (Å²) >= 11 is 18.6. The molecule has 1 atom stereocenters. The number of carbonyl (C=O) groups is 1. The highest BCUT2D eigenvalue weighted by atomic mass is 35.6. The zero-order valence-electron chi connectivity index (χ0n) is 14.0. The van der Waals surface area contributed by atoms with E-state index < -0.39 is 9.96 Å². The van der Waals surface area contributed by atoms with Gasteiger partial charge in [-0.05, 0) is 11.1 Å². The van der Waals surface area contributed by atoms with Crippen molar-refractivity contribution in [1.82, 2.24) is 10.2 Å². The Morgan fingerprint density at radius 2 is 1.40 bits per heavy atom. The van der Waals surface area contributed by atoms with Gasteiger partial charge in [0.2, 0.25) is 9.70 Å². The van der Waals surface area contributed by atoms with Crippen LogP contribution >= 0.6 is 34.8 Å². The van der Waals surface area contributed by atoms with Crippen molar-refractivity contribution in [3.8, 4) is 0 Å². The van der Waals surface area contributed by atoms with Gasteiger partial charge in [0, 0.05) is 19.5 Å². The average Bonchev–Trinajstić information content (AvgIpc) is 2.59. The maximum Gasteiger partial charge on any atom is 0.223 e. The molecule has 25 heavy (non-hydrogen) atoms. The van der Waals surface area contributed by atoms with Crippen LogP contribution in [0.15, 0.2) is 60.7 Å². The molecule has 0 aliphatic heterocycles. The van der Waals surface area contributed by atoms with Gasteiger partial charge in [0.1, 0.15) is 6.17 Å². The summed E-state index contributed by atoms with van der Waals surface area (Å²) in [6, 6.07) is 19.8. The summed E-state index contributed by atoms with van der Waals surface area (Å²) in [6.45, 7) is 2.85. The maximum absolute atomic E-state index is 12.0. The summed E-state index contributed by atoms with van der Waals surface area (Å²) in [5.74, 6) is -0.164. The van der Waals surface area contributed by atoms with Crippen LogP contribution < -0.4 is 5.32 Å². The van der Waals surface area contributed by atoms with Gasteiger partial charge in [0.05, 0.1) is 0 Å². The first-order valence-corrected chi connectivity index (χ1v) is 9.21. The highest BCUT2D eigenvalue weighted by molar-refractivity contribution is 6.68. The lowest BCUT2D eigenvalue weighted by molar-refractivity contribution is -0.123. The minimum Gasteiger partial charge on any atom is -0.337 e. The Morgan fingerprint density at radius 1 is 0.960 bits per heavy atom. The second-order valence-electron chi connectivity index (χ2n) is 5.74. The van der Waals surface area contributed by atoms with E-state index in [2.05, 4.69) is 5.32 Å². The predicted octanol–water partition coefficient (Wildman–Crippen LogP) is 4.91. The molecule has 3 nitrogen and oxygen atoms in total. The van der Waals surface area contributed by atoms with Gasteiger partial charge in [-0.3, -0.25) is 9.69 Å². The molecule has 0 spiro atoms. The topological polar surface area (TPSA) is 32.3 Å². The minimum absolute atomic E-state index is 0.164. The van der Waals surface area contributed by atoms with Crippen LogP contribution in [0.4, 0.5) is 0 Å². The van der Waals surface area contributed by atoms with Gasteiger partial charge in [-0.25, -0.2) is 0 Å². The molecule has 0 saturated carbocycles. The molecule has 134 valence electrons. The molecule has 0 heterocycles. The number of alkyl halides is 3. The molecule has 0 unspecified atom stereocenters. The van der Waals surface area contributed by atoms with E-state index in [0.29, 0.717) is 19.5 Å². The van der Waals surface area contributed by atoms with Crippen LogP contribution in [0.5, 0.6) is 0 Å². The fourth-order valence-electron chi connectivity index (χ4n) is 2.51. The molecule has 1 amide bonds. The Kier molecular flexibility index (Phi) is 7.57. The van der Waals surface area contributed by atoms with E-state index in [-0.39, 0.29) is 5.91 Å². The van der Waals surface area contributed by atoms with E-state index in [9.17, 15) is 4.79 Å². The lowest BCUT2D eigenvalue weighted by atomic mass is 10.1. The third-order valence-corrected chi connectivity index (χ3v) is 4.37. The Bertz CT molecular complexity index is 618. The van der Waals surface area contributed by atoms with Crippen LogP contribution in [0.1, 0.15) is 24.5 Å². The van der Waals surface area contributed by atoms with Gasteiger partial charge in [0.15, 0.2) is 0 Å². The fraction of sp³-hybridized carbons (Fsp3) is 0.316. The number of amides is 1. The van der Waals surface area contributed by atoms with Crippen molar-refractivity contribution in [3.63, 3.8) is 0 Å². The number of hydrogen-bond acceptors (Lipinski definition) is 2. The normalized spacial score (nSPS) is 12.8. The average molecular weight is 400 g/mol. The monoisotopic (exact) mass is 398 g/mol. The number of nitrogens with one attached hydrogen (secondary N) is 1. The molecule has 0 bridgehead atoms. The van der Waals surface area contributed by atoms with Crippen molar-refractivity contribution in [3.05, 3.63) is 71.8 Å². The van der Waals surface area contributed by atoms with Gasteiger partial charge in [-0.15, -0.1) is 0 Å². The third-order valence-electron chi connectivity index (χ3n) is 3.75. The number of rotatable bonds is 7. The summed E-state index contributed by atoms with van der Waals surface area (Å²) < 4.78 is -1.66. The smallest absolute Gasteiger partial charge is 0.223 e. The molecule has 1 N–H and O–H groups in total. The van der Waals surface area contributed by atoms with Crippen LogP contribution in [0.3, 0.4) is 0 Å².